The second kappa shape index (κ2) is 10.1. The third kappa shape index (κ3) is 5.50. The fourth-order valence-corrected chi connectivity index (χ4v) is 5.62. The van der Waals surface area contributed by atoms with E-state index in [4.69, 9.17) is 0 Å². The minimum atomic E-state index is -0.352. The number of hydrogen-bond donors (Lipinski definition) is 0. The molecule has 1 saturated heterocycles. The Balaban J connectivity index is 1.57. The molecule has 0 radical (unpaired) electrons. The van der Waals surface area contributed by atoms with Crippen LogP contribution in [-0.4, -0.2) is 41.4 Å². The van der Waals surface area contributed by atoms with Gasteiger partial charge in [0.1, 0.15) is 11.6 Å². The van der Waals surface area contributed by atoms with Crippen LogP contribution in [0.2, 0.25) is 0 Å². The van der Waals surface area contributed by atoms with Gasteiger partial charge in [0.05, 0.1) is 0 Å². The van der Waals surface area contributed by atoms with Crippen molar-refractivity contribution in [1.82, 2.24) is 9.80 Å². The standard InChI is InChI=1S/C27H30F2N2OS/c1-18(2)31(27(32)21-6-10-24(29)11-7-21)15-22-14-30(17-26-19(3)12-13-33-26)16-25(22)20-4-8-23(28)9-5-20/h4-13,18,22,25H,14-17H2,1-3H3. The number of rotatable bonds is 7. The first-order valence-corrected chi connectivity index (χ1v) is 12.3. The van der Waals surface area contributed by atoms with E-state index >= 15 is 0 Å². The van der Waals surface area contributed by atoms with Crippen molar-refractivity contribution in [2.45, 2.75) is 39.3 Å². The largest absolute Gasteiger partial charge is 0.336 e. The van der Waals surface area contributed by atoms with Gasteiger partial charge in [-0.15, -0.1) is 11.3 Å². The van der Waals surface area contributed by atoms with Gasteiger partial charge < -0.3 is 4.90 Å². The zero-order valence-corrected chi connectivity index (χ0v) is 20.1. The summed E-state index contributed by atoms with van der Waals surface area (Å²) in [5.41, 5.74) is 2.90. The summed E-state index contributed by atoms with van der Waals surface area (Å²) in [5.74, 6) is -0.268. The Morgan fingerprint density at radius 3 is 2.24 bits per heavy atom. The molecule has 3 aromatic rings. The maximum Gasteiger partial charge on any atom is 0.254 e. The van der Waals surface area contributed by atoms with Crippen LogP contribution >= 0.6 is 11.3 Å². The number of thiophene rings is 1. The summed E-state index contributed by atoms with van der Waals surface area (Å²) in [6, 6.07) is 14.7. The molecule has 174 valence electrons. The highest BCUT2D eigenvalue weighted by atomic mass is 32.1. The van der Waals surface area contributed by atoms with Crippen molar-refractivity contribution < 1.29 is 13.6 Å². The van der Waals surface area contributed by atoms with Crippen LogP contribution in [0.4, 0.5) is 8.78 Å². The molecule has 3 nitrogen and oxygen atoms in total. The topological polar surface area (TPSA) is 23.6 Å². The Bertz CT molecular complexity index is 1080. The van der Waals surface area contributed by atoms with Gasteiger partial charge in [0.25, 0.3) is 5.91 Å². The average Bonchev–Trinajstić information content (AvgIpc) is 3.38. The Labute approximate surface area is 198 Å². The predicted octanol–water partition coefficient (Wildman–Crippen LogP) is 6.10. The van der Waals surface area contributed by atoms with Gasteiger partial charge in [-0.1, -0.05) is 12.1 Å². The van der Waals surface area contributed by atoms with E-state index in [1.54, 1.807) is 23.5 Å². The van der Waals surface area contributed by atoms with Crippen LogP contribution in [-0.2, 0) is 6.54 Å². The van der Waals surface area contributed by atoms with E-state index in [0.717, 1.165) is 25.2 Å². The van der Waals surface area contributed by atoms with E-state index in [-0.39, 0.29) is 35.4 Å². The highest BCUT2D eigenvalue weighted by Gasteiger charge is 2.36. The summed E-state index contributed by atoms with van der Waals surface area (Å²) in [6.07, 6.45) is 0. The van der Waals surface area contributed by atoms with Gasteiger partial charge in [-0.05, 0) is 85.7 Å². The van der Waals surface area contributed by atoms with Gasteiger partial charge in [-0.3, -0.25) is 9.69 Å². The van der Waals surface area contributed by atoms with Gasteiger partial charge in [0.15, 0.2) is 0 Å². The minimum Gasteiger partial charge on any atom is -0.336 e. The molecule has 1 aromatic heterocycles. The maximum absolute atomic E-state index is 13.6. The van der Waals surface area contributed by atoms with Crippen molar-refractivity contribution >= 4 is 17.2 Å². The lowest BCUT2D eigenvalue weighted by molar-refractivity contribution is 0.0668. The Hall–Kier alpha value is -2.57. The first kappa shape index (κ1) is 23.6. The fourth-order valence-electron chi connectivity index (χ4n) is 4.67. The SMILES string of the molecule is Cc1ccsc1CN1CC(CN(C(=O)c2ccc(F)cc2)C(C)C)C(c2ccc(F)cc2)C1. The zero-order chi connectivity index (χ0) is 23.5. The molecule has 0 saturated carbocycles. The summed E-state index contributed by atoms with van der Waals surface area (Å²) in [7, 11) is 0. The highest BCUT2D eigenvalue weighted by molar-refractivity contribution is 7.10. The third-order valence-corrected chi connectivity index (χ3v) is 7.56. The van der Waals surface area contributed by atoms with Crippen LogP contribution in [0.1, 0.15) is 46.1 Å². The fraction of sp³-hybridized carbons (Fsp3) is 0.370. The predicted molar refractivity (Wildman–Crippen MR) is 130 cm³/mol. The monoisotopic (exact) mass is 468 g/mol. The van der Waals surface area contributed by atoms with Crippen molar-refractivity contribution in [2.24, 2.45) is 5.92 Å². The van der Waals surface area contributed by atoms with E-state index in [1.165, 1.54) is 34.7 Å². The average molecular weight is 469 g/mol. The van der Waals surface area contributed by atoms with Crippen molar-refractivity contribution in [3.63, 3.8) is 0 Å². The molecule has 33 heavy (non-hydrogen) atoms. The number of likely N-dealkylation sites (tertiary alicyclic amines) is 1. The molecule has 6 heteroatoms. The van der Waals surface area contributed by atoms with Crippen LogP contribution in [0, 0.1) is 24.5 Å². The number of nitrogens with zero attached hydrogens (tertiary/aromatic N) is 2. The maximum atomic E-state index is 13.6. The van der Waals surface area contributed by atoms with Gasteiger partial charge in [0.2, 0.25) is 0 Å². The van der Waals surface area contributed by atoms with Crippen molar-refractivity contribution in [3.05, 3.63) is 93.2 Å². The molecule has 4 rings (SSSR count). The molecule has 0 aliphatic carbocycles. The number of benzene rings is 2. The molecule has 0 N–H and O–H groups in total. The lowest BCUT2D eigenvalue weighted by Gasteiger charge is -2.32. The van der Waals surface area contributed by atoms with Crippen LogP contribution in [0.15, 0.2) is 60.0 Å². The summed E-state index contributed by atoms with van der Waals surface area (Å²) >= 11 is 1.77. The number of carbonyl (C=O) groups is 1. The molecule has 2 aromatic carbocycles. The Morgan fingerprint density at radius 1 is 1.03 bits per heavy atom. The minimum absolute atomic E-state index is 0.00464. The number of amides is 1. The number of aryl methyl sites for hydroxylation is 1. The molecule has 2 heterocycles. The van der Waals surface area contributed by atoms with Crippen molar-refractivity contribution in [2.75, 3.05) is 19.6 Å². The van der Waals surface area contributed by atoms with E-state index < -0.39 is 0 Å². The molecular formula is C27H30F2N2OS. The lowest BCUT2D eigenvalue weighted by Crippen LogP contribution is -2.42. The summed E-state index contributed by atoms with van der Waals surface area (Å²) in [4.78, 5) is 19.0. The molecule has 1 aliphatic rings. The molecule has 0 bridgehead atoms. The molecule has 1 aliphatic heterocycles. The number of hydrogen-bond acceptors (Lipinski definition) is 3. The van der Waals surface area contributed by atoms with E-state index in [1.807, 2.05) is 30.9 Å². The van der Waals surface area contributed by atoms with Gasteiger partial charge in [-0.2, -0.15) is 0 Å². The lowest BCUT2D eigenvalue weighted by atomic mass is 9.88. The molecule has 0 spiro atoms. The number of carbonyl (C=O) groups excluding carboxylic acids is 1. The quantitative estimate of drug-likeness (QED) is 0.418. The van der Waals surface area contributed by atoms with Crippen LogP contribution in [0.5, 0.6) is 0 Å². The molecule has 1 fully saturated rings. The van der Waals surface area contributed by atoms with Gasteiger partial charge >= 0.3 is 0 Å². The molecule has 1 amide bonds. The second-order valence-electron chi connectivity index (χ2n) is 9.20. The molecule has 2 unspecified atom stereocenters. The third-order valence-electron chi connectivity index (χ3n) is 6.56. The van der Waals surface area contributed by atoms with E-state index in [9.17, 15) is 13.6 Å². The van der Waals surface area contributed by atoms with Crippen molar-refractivity contribution in [3.8, 4) is 0 Å². The zero-order valence-electron chi connectivity index (χ0n) is 19.3. The Kier molecular flexibility index (Phi) is 7.25. The Morgan fingerprint density at radius 2 is 1.67 bits per heavy atom. The summed E-state index contributed by atoms with van der Waals surface area (Å²) in [5, 5.41) is 2.12. The van der Waals surface area contributed by atoms with E-state index in [0.29, 0.717) is 12.1 Å². The first-order chi connectivity index (χ1) is 15.8. The van der Waals surface area contributed by atoms with Gasteiger partial charge in [0, 0.05) is 48.6 Å². The van der Waals surface area contributed by atoms with Crippen LogP contribution in [0.25, 0.3) is 0 Å². The number of halogens is 2. The van der Waals surface area contributed by atoms with Crippen LogP contribution in [0.3, 0.4) is 0 Å². The van der Waals surface area contributed by atoms with Crippen LogP contribution < -0.4 is 0 Å². The smallest absolute Gasteiger partial charge is 0.254 e. The summed E-state index contributed by atoms with van der Waals surface area (Å²) < 4.78 is 27.0. The molecular weight excluding hydrogens is 438 g/mol. The second-order valence-corrected chi connectivity index (χ2v) is 10.2. The summed E-state index contributed by atoms with van der Waals surface area (Å²) in [6.45, 7) is 9.36. The normalized spacial score (nSPS) is 18.7. The molecule has 2 atom stereocenters. The first-order valence-electron chi connectivity index (χ1n) is 11.4. The van der Waals surface area contributed by atoms with Crippen molar-refractivity contribution in [1.29, 1.82) is 0 Å². The van der Waals surface area contributed by atoms with E-state index in [2.05, 4.69) is 23.3 Å². The highest BCUT2D eigenvalue weighted by Crippen LogP contribution is 2.35. The van der Waals surface area contributed by atoms with Gasteiger partial charge in [-0.25, -0.2) is 8.78 Å².